The summed E-state index contributed by atoms with van der Waals surface area (Å²) in [5, 5.41) is 3.46. The van der Waals surface area contributed by atoms with Crippen molar-refractivity contribution in [3.63, 3.8) is 0 Å². The zero-order valence-electron chi connectivity index (χ0n) is 12.7. The Balaban J connectivity index is 1.97. The van der Waals surface area contributed by atoms with E-state index in [1.54, 1.807) is 6.92 Å². The van der Waals surface area contributed by atoms with Crippen molar-refractivity contribution in [2.45, 2.75) is 20.8 Å². The van der Waals surface area contributed by atoms with Gasteiger partial charge in [-0.05, 0) is 50.6 Å². The van der Waals surface area contributed by atoms with Gasteiger partial charge in [-0.3, -0.25) is 4.79 Å². The van der Waals surface area contributed by atoms with Crippen molar-refractivity contribution in [2.24, 2.45) is 0 Å². The lowest BCUT2D eigenvalue weighted by atomic mass is 10.1. The Kier molecular flexibility index (Phi) is 3.45. The van der Waals surface area contributed by atoms with Crippen LogP contribution in [0.15, 0.2) is 40.8 Å². The van der Waals surface area contributed by atoms with Gasteiger partial charge in [-0.25, -0.2) is 4.39 Å². The van der Waals surface area contributed by atoms with Crippen molar-refractivity contribution in [3.05, 3.63) is 64.7 Å². The number of rotatable bonds is 2. The van der Waals surface area contributed by atoms with Gasteiger partial charge in [0.1, 0.15) is 11.4 Å². The number of nitrogens with one attached hydrogen (secondary N) is 1. The van der Waals surface area contributed by atoms with Crippen LogP contribution in [-0.2, 0) is 0 Å². The molecular formula is C18H16FNO2. The second-order valence-corrected chi connectivity index (χ2v) is 5.47. The van der Waals surface area contributed by atoms with Gasteiger partial charge < -0.3 is 9.73 Å². The highest BCUT2D eigenvalue weighted by atomic mass is 19.1. The van der Waals surface area contributed by atoms with Crippen LogP contribution in [0, 0.1) is 26.6 Å². The van der Waals surface area contributed by atoms with Crippen molar-refractivity contribution >= 4 is 22.6 Å². The molecule has 3 aromatic rings. The van der Waals surface area contributed by atoms with E-state index in [0.717, 1.165) is 16.8 Å². The van der Waals surface area contributed by atoms with Gasteiger partial charge in [0.05, 0.1) is 0 Å². The molecule has 3 rings (SSSR count). The average Bonchev–Trinajstić information content (AvgIpc) is 2.79. The number of benzene rings is 2. The minimum Gasteiger partial charge on any atom is -0.451 e. The molecule has 0 aliphatic heterocycles. The fraction of sp³-hybridized carbons (Fsp3) is 0.167. The summed E-state index contributed by atoms with van der Waals surface area (Å²) in [7, 11) is 0. The molecule has 1 heterocycles. The molecule has 2 aromatic carbocycles. The molecule has 112 valence electrons. The van der Waals surface area contributed by atoms with Crippen LogP contribution in [0.25, 0.3) is 11.0 Å². The van der Waals surface area contributed by atoms with Crippen LogP contribution in [0.4, 0.5) is 10.1 Å². The standard InChI is InChI=1S/C18H16FNO2/c1-10-4-6-15(11(2)8-10)20-18(21)17-12(3)14-9-13(19)5-7-16(14)22-17/h4-9H,1-3H3,(H,20,21). The largest absolute Gasteiger partial charge is 0.451 e. The molecule has 0 aliphatic rings. The summed E-state index contributed by atoms with van der Waals surface area (Å²) in [6.45, 7) is 5.68. The molecule has 1 N–H and O–H groups in total. The first kappa shape index (κ1) is 14.3. The lowest BCUT2D eigenvalue weighted by Gasteiger charge is -2.08. The highest BCUT2D eigenvalue weighted by Crippen LogP contribution is 2.27. The Hall–Kier alpha value is -2.62. The van der Waals surface area contributed by atoms with Crippen LogP contribution in [0.5, 0.6) is 0 Å². The lowest BCUT2D eigenvalue weighted by Crippen LogP contribution is -2.13. The molecule has 0 radical (unpaired) electrons. The first-order valence-electron chi connectivity index (χ1n) is 7.03. The topological polar surface area (TPSA) is 42.2 Å². The number of amides is 1. The predicted molar refractivity (Wildman–Crippen MR) is 84.8 cm³/mol. The second kappa shape index (κ2) is 5.30. The monoisotopic (exact) mass is 297 g/mol. The van der Waals surface area contributed by atoms with E-state index in [2.05, 4.69) is 5.32 Å². The minimum absolute atomic E-state index is 0.209. The van der Waals surface area contributed by atoms with Gasteiger partial charge in [0.25, 0.3) is 5.91 Å². The van der Waals surface area contributed by atoms with E-state index in [1.165, 1.54) is 18.2 Å². The molecule has 22 heavy (non-hydrogen) atoms. The molecule has 0 atom stereocenters. The van der Waals surface area contributed by atoms with Crippen LogP contribution in [-0.4, -0.2) is 5.91 Å². The van der Waals surface area contributed by atoms with Gasteiger partial charge >= 0.3 is 0 Å². The first-order valence-corrected chi connectivity index (χ1v) is 7.03. The van der Waals surface area contributed by atoms with Crippen molar-refractivity contribution < 1.29 is 13.6 Å². The number of aryl methyl sites for hydroxylation is 3. The minimum atomic E-state index is -0.349. The van der Waals surface area contributed by atoms with Gasteiger partial charge in [0.2, 0.25) is 0 Å². The van der Waals surface area contributed by atoms with Crippen LogP contribution >= 0.6 is 0 Å². The maximum Gasteiger partial charge on any atom is 0.291 e. The molecule has 0 saturated heterocycles. The summed E-state index contributed by atoms with van der Waals surface area (Å²) in [5.74, 6) is -0.473. The molecule has 1 aromatic heterocycles. The molecule has 0 saturated carbocycles. The molecule has 0 bridgehead atoms. The fourth-order valence-corrected chi connectivity index (χ4v) is 2.54. The van der Waals surface area contributed by atoms with Crippen molar-refractivity contribution in [2.75, 3.05) is 5.32 Å². The third-order valence-electron chi connectivity index (χ3n) is 3.73. The highest BCUT2D eigenvalue weighted by molar-refractivity contribution is 6.06. The molecular weight excluding hydrogens is 281 g/mol. The van der Waals surface area contributed by atoms with E-state index in [4.69, 9.17) is 4.42 Å². The molecule has 0 unspecified atom stereocenters. The Morgan fingerprint density at radius 2 is 1.86 bits per heavy atom. The predicted octanol–water partition coefficient (Wildman–Crippen LogP) is 4.75. The Labute approximate surface area is 127 Å². The van der Waals surface area contributed by atoms with E-state index in [0.29, 0.717) is 16.5 Å². The van der Waals surface area contributed by atoms with Gasteiger partial charge in [0.15, 0.2) is 5.76 Å². The Morgan fingerprint density at radius 3 is 2.59 bits per heavy atom. The maximum absolute atomic E-state index is 13.3. The zero-order chi connectivity index (χ0) is 15.9. The van der Waals surface area contributed by atoms with Crippen LogP contribution in [0.1, 0.15) is 27.2 Å². The quantitative estimate of drug-likeness (QED) is 0.741. The number of hydrogen-bond donors (Lipinski definition) is 1. The first-order chi connectivity index (χ1) is 10.5. The second-order valence-electron chi connectivity index (χ2n) is 5.47. The Bertz CT molecular complexity index is 880. The maximum atomic E-state index is 13.3. The average molecular weight is 297 g/mol. The smallest absolute Gasteiger partial charge is 0.291 e. The van der Waals surface area contributed by atoms with Gasteiger partial charge in [-0.1, -0.05) is 17.7 Å². The van der Waals surface area contributed by atoms with Crippen LogP contribution < -0.4 is 5.32 Å². The third kappa shape index (κ3) is 2.48. The highest BCUT2D eigenvalue weighted by Gasteiger charge is 2.18. The zero-order valence-corrected chi connectivity index (χ0v) is 12.7. The number of anilines is 1. The number of fused-ring (bicyclic) bond motifs is 1. The van der Waals surface area contributed by atoms with Crippen molar-refractivity contribution in [1.82, 2.24) is 0 Å². The van der Waals surface area contributed by atoms with E-state index in [1.807, 2.05) is 32.0 Å². The summed E-state index contributed by atoms with van der Waals surface area (Å²) in [5.41, 5.74) is 3.99. The van der Waals surface area contributed by atoms with Crippen molar-refractivity contribution in [3.8, 4) is 0 Å². The van der Waals surface area contributed by atoms with Crippen LogP contribution in [0.3, 0.4) is 0 Å². The molecule has 4 heteroatoms. The number of furan rings is 1. The molecule has 0 spiro atoms. The molecule has 1 amide bonds. The van der Waals surface area contributed by atoms with E-state index in [9.17, 15) is 9.18 Å². The lowest BCUT2D eigenvalue weighted by molar-refractivity contribution is 0.0998. The molecule has 3 nitrogen and oxygen atoms in total. The normalized spacial score (nSPS) is 10.9. The summed E-state index contributed by atoms with van der Waals surface area (Å²) in [6, 6.07) is 10.0. The number of halogens is 1. The number of carbonyl (C=O) groups is 1. The third-order valence-corrected chi connectivity index (χ3v) is 3.73. The summed E-state index contributed by atoms with van der Waals surface area (Å²) >= 11 is 0. The number of hydrogen-bond acceptors (Lipinski definition) is 2. The molecule has 0 aliphatic carbocycles. The van der Waals surface area contributed by atoms with Gasteiger partial charge in [0, 0.05) is 16.6 Å². The SMILES string of the molecule is Cc1ccc(NC(=O)c2oc3ccc(F)cc3c2C)c(C)c1. The summed E-state index contributed by atoms with van der Waals surface area (Å²) < 4.78 is 18.9. The van der Waals surface area contributed by atoms with Gasteiger partial charge in [-0.15, -0.1) is 0 Å². The summed E-state index contributed by atoms with van der Waals surface area (Å²) in [6.07, 6.45) is 0. The van der Waals surface area contributed by atoms with Crippen molar-refractivity contribution in [1.29, 1.82) is 0 Å². The molecule has 0 fully saturated rings. The summed E-state index contributed by atoms with van der Waals surface area (Å²) in [4.78, 5) is 12.4. The van der Waals surface area contributed by atoms with Crippen LogP contribution in [0.2, 0.25) is 0 Å². The fourth-order valence-electron chi connectivity index (χ4n) is 2.54. The van der Waals surface area contributed by atoms with Gasteiger partial charge in [-0.2, -0.15) is 0 Å². The number of carbonyl (C=O) groups excluding carboxylic acids is 1. The van der Waals surface area contributed by atoms with E-state index < -0.39 is 0 Å². The Morgan fingerprint density at radius 1 is 1.09 bits per heavy atom. The van der Waals surface area contributed by atoms with E-state index >= 15 is 0 Å². The van der Waals surface area contributed by atoms with E-state index in [-0.39, 0.29) is 17.5 Å².